The summed E-state index contributed by atoms with van der Waals surface area (Å²) >= 11 is 6.91. The van der Waals surface area contributed by atoms with E-state index < -0.39 is 16.2 Å². The molecule has 0 radical (unpaired) electrons. The highest BCUT2D eigenvalue weighted by atomic mass is 35.5. The van der Waals surface area contributed by atoms with Crippen LogP contribution in [-0.4, -0.2) is 31.5 Å². The zero-order chi connectivity index (χ0) is 13.3. The summed E-state index contributed by atoms with van der Waals surface area (Å²) in [6.45, 7) is 2.12. The van der Waals surface area contributed by atoms with Gasteiger partial charge in [-0.15, -0.1) is 11.3 Å². The van der Waals surface area contributed by atoms with Gasteiger partial charge < -0.3 is 0 Å². The second kappa shape index (κ2) is 5.11. The van der Waals surface area contributed by atoms with Gasteiger partial charge in [0.1, 0.15) is 10.4 Å². The van der Waals surface area contributed by atoms with Crippen molar-refractivity contribution in [2.75, 3.05) is 6.54 Å². The first-order chi connectivity index (χ1) is 8.46. The monoisotopic (exact) mass is 306 g/mol. The van der Waals surface area contributed by atoms with Gasteiger partial charge in [-0.3, -0.25) is 0 Å². The first-order valence-corrected chi connectivity index (χ1v) is 7.95. The lowest BCUT2D eigenvalue weighted by Gasteiger charge is -2.18. The van der Waals surface area contributed by atoms with Crippen molar-refractivity contribution in [3.8, 4) is 0 Å². The highest BCUT2D eigenvalue weighted by Crippen LogP contribution is 2.34. The van der Waals surface area contributed by atoms with E-state index in [1.54, 1.807) is 13.0 Å². The van der Waals surface area contributed by atoms with Gasteiger partial charge in [0, 0.05) is 6.54 Å². The fourth-order valence-corrected chi connectivity index (χ4v) is 5.30. The first kappa shape index (κ1) is 13.7. The van der Waals surface area contributed by atoms with Crippen LogP contribution in [0, 0.1) is 6.92 Å². The van der Waals surface area contributed by atoms with Crippen LogP contribution in [0.15, 0.2) is 15.3 Å². The van der Waals surface area contributed by atoms with Crippen molar-refractivity contribution in [2.45, 2.75) is 30.1 Å². The van der Waals surface area contributed by atoms with Gasteiger partial charge in [-0.2, -0.15) is 9.30 Å². The van der Waals surface area contributed by atoms with Gasteiger partial charge in [-0.25, -0.2) is 13.2 Å². The standard InChI is InChI=1S/C10H11ClN2O3S2/c1-7-5-9(17-10(7)11)18(15,16)13-4-2-3-8(13)12-6-14/h5,8H,2-4H2,1H3. The van der Waals surface area contributed by atoms with Crippen molar-refractivity contribution in [2.24, 2.45) is 4.99 Å². The molecule has 8 heteroatoms. The van der Waals surface area contributed by atoms with Crippen LogP contribution in [0.5, 0.6) is 0 Å². The van der Waals surface area contributed by atoms with Crippen LogP contribution in [0.2, 0.25) is 4.34 Å². The average Bonchev–Trinajstić information content (AvgIpc) is 2.88. The number of carbonyl (C=O) groups excluding carboxylic acids is 1. The van der Waals surface area contributed by atoms with Gasteiger partial charge in [0.2, 0.25) is 6.08 Å². The number of thiophene rings is 1. The SMILES string of the molecule is Cc1cc(S(=O)(=O)N2CCCC2N=C=O)sc1Cl. The molecule has 18 heavy (non-hydrogen) atoms. The first-order valence-electron chi connectivity index (χ1n) is 5.31. The maximum absolute atomic E-state index is 12.4. The van der Waals surface area contributed by atoms with E-state index >= 15 is 0 Å². The highest BCUT2D eigenvalue weighted by molar-refractivity contribution is 7.91. The quantitative estimate of drug-likeness (QED) is 0.635. The molecule has 2 rings (SSSR count). The Hall–Kier alpha value is -0.720. The van der Waals surface area contributed by atoms with Gasteiger partial charge in [0.15, 0.2) is 0 Å². The Morgan fingerprint density at radius 3 is 2.89 bits per heavy atom. The van der Waals surface area contributed by atoms with E-state index in [1.165, 1.54) is 10.4 Å². The molecule has 98 valence electrons. The molecule has 0 N–H and O–H groups in total. The summed E-state index contributed by atoms with van der Waals surface area (Å²) in [6, 6.07) is 1.54. The maximum Gasteiger partial charge on any atom is 0.254 e. The van der Waals surface area contributed by atoms with Crippen LogP contribution >= 0.6 is 22.9 Å². The Morgan fingerprint density at radius 2 is 2.33 bits per heavy atom. The molecular formula is C10H11ClN2O3S2. The largest absolute Gasteiger partial charge is 0.254 e. The van der Waals surface area contributed by atoms with Gasteiger partial charge in [0.05, 0.1) is 4.34 Å². The number of nitrogens with zero attached hydrogens (tertiary/aromatic N) is 2. The van der Waals surface area contributed by atoms with Crippen molar-refractivity contribution < 1.29 is 13.2 Å². The summed E-state index contributed by atoms with van der Waals surface area (Å²) in [4.78, 5) is 13.8. The van der Waals surface area contributed by atoms with Crippen LogP contribution in [0.3, 0.4) is 0 Å². The Kier molecular flexibility index (Phi) is 3.89. The third-order valence-corrected chi connectivity index (χ3v) is 6.67. The number of rotatable bonds is 3. The molecule has 0 amide bonds. The van der Waals surface area contributed by atoms with E-state index in [2.05, 4.69) is 4.99 Å². The van der Waals surface area contributed by atoms with Crippen LogP contribution in [0.1, 0.15) is 18.4 Å². The average molecular weight is 307 g/mol. The minimum Gasteiger partial charge on any atom is -0.211 e. The highest BCUT2D eigenvalue weighted by Gasteiger charge is 2.36. The lowest BCUT2D eigenvalue weighted by atomic mass is 10.3. The molecule has 1 unspecified atom stereocenters. The summed E-state index contributed by atoms with van der Waals surface area (Å²) in [5, 5.41) is 0. The van der Waals surface area contributed by atoms with Crippen LogP contribution in [0.25, 0.3) is 0 Å². The third kappa shape index (κ3) is 2.37. The van der Waals surface area contributed by atoms with Crippen molar-refractivity contribution in [1.82, 2.24) is 4.31 Å². The molecule has 0 aromatic carbocycles. The Labute approximate surface area is 114 Å². The van der Waals surface area contributed by atoms with E-state index in [-0.39, 0.29) is 4.21 Å². The van der Waals surface area contributed by atoms with Crippen molar-refractivity contribution >= 4 is 39.0 Å². The molecule has 1 saturated heterocycles. The number of sulfonamides is 1. The molecule has 0 aliphatic carbocycles. The molecule has 1 aliphatic heterocycles. The number of aliphatic imine (C=N–C) groups is 1. The van der Waals surface area contributed by atoms with Gasteiger partial charge >= 0.3 is 0 Å². The van der Waals surface area contributed by atoms with Gasteiger partial charge in [-0.1, -0.05) is 11.6 Å². The topological polar surface area (TPSA) is 66.8 Å². The van der Waals surface area contributed by atoms with Crippen molar-refractivity contribution in [3.05, 3.63) is 16.0 Å². The zero-order valence-corrected chi connectivity index (χ0v) is 12.0. The molecule has 0 saturated carbocycles. The molecule has 2 heterocycles. The van der Waals surface area contributed by atoms with Crippen molar-refractivity contribution in [1.29, 1.82) is 0 Å². The molecule has 1 fully saturated rings. The second-order valence-corrected chi connectivity index (χ2v) is 7.75. The number of halogens is 1. The fraction of sp³-hybridized carbons (Fsp3) is 0.500. The Bertz CT molecular complexity index is 585. The Morgan fingerprint density at radius 1 is 1.61 bits per heavy atom. The summed E-state index contributed by atoms with van der Waals surface area (Å²) in [7, 11) is -3.62. The third-order valence-electron chi connectivity index (χ3n) is 2.77. The fourth-order valence-electron chi connectivity index (χ4n) is 1.87. The van der Waals surface area contributed by atoms with E-state index in [4.69, 9.17) is 11.6 Å². The smallest absolute Gasteiger partial charge is 0.211 e. The van der Waals surface area contributed by atoms with E-state index in [0.717, 1.165) is 16.9 Å². The number of aryl methyl sites for hydroxylation is 1. The van der Waals surface area contributed by atoms with Gasteiger partial charge in [0.25, 0.3) is 10.0 Å². The lowest BCUT2D eigenvalue weighted by Crippen LogP contribution is -2.33. The van der Waals surface area contributed by atoms with Crippen LogP contribution in [0.4, 0.5) is 0 Å². The number of hydrogen-bond donors (Lipinski definition) is 0. The summed E-state index contributed by atoms with van der Waals surface area (Å²) in [6.07, 6.45) is 2.03. The molecular weight excluding hydrogens is 296 g/mol. The predicted octanol–water partition coefficient (Wildman–Crippen LogP) is 2.16. The summed E-state index contributed by atoms with van der Waals surface area (Å²) < 4.78 is 26.6. The summed E-state index contributed by atoms with van der Waals surface area (Å²) in [5.74, 6) is 0. The molecule has 1 aromatic heterocycles. The van der Waals surface area contributed by atoms with E-state index in [0.29, 0.717) is 23.7 Å². The minimum absolute atomic E-state index is 0.193. The normalized spacial score (nSPS) is 20.9. The van der Waals surface area contributed by atoms with Crippen LogP contribution < -0.4 is 0 Å². The summed E-state index contributed by atoms with van der Waals surface area (Å²) in [5.41, 5.74) is 0.731. The van der Waals surface area contributed by atoms with E-state index in [9.17, 15) is 13.2 Å². The van der Waals surface area contributed by atoms with Gasteiger partial charge in [-0.05, 0) is 31.4 Å². The second-order valence-electron chi connectivity index (χ2n) is 3.98. The molecule has 5 nitrogen and oxygen atoms in total. The van der Waals surface area contributed by atoms with Crippen LogP contribution in [-0.2, 0) is 14.8 Å². The predicted molar refractivity (Wildman–Crippen MR) is 69.1 cm³/mol. The molecule has 1 atom stereocenters. The Balaban J connectivity index is 2.39. The van der Waals surface area contributed by atoms with E-state index in [1.807, 2.05) is 0 Å². The maximum atomic E-state index is 12.4. The molecule has 1 aliphatic rings. The molecule has 1 aromatic rings. The number of isocyanates is 1. The number of hydrogen-bond acceptors (Lipinski definition) is 5. The molecule has 0 bridgehead atoms. The lowest BCUT2D eigenvalue weighted by molar-refractivity contribution is 0.397. The molecule has 0 spiro atoms. The minimum atomic E-state index is -3.62. The van der Waals surface area contributed by atoms with Crippen molar-refractivity contribution in [3.63, 3.8) is 0 Å². The zero-order valence-electron chi connectivity index (χ0n) is 9.59.